The van der Waals surface area contributed by atoms with Crippen molar-refractivity contribution in [1.29, 1.82) is 0 Å². The van der Waals surface area contributed by atoms with Crippen LogP contribution >= 0.6 is 11.6 Å². The summed E-state index contributed by atoms with van der Waals surface area (Å²) in [5.74, 6) is -2.41. The van der Waals surface area contributed by atoms with Gasteiger partial charge in [-0.25, -0.2) is 13.6 Å². The van der Waals surface area contributed by atoms with Crippen LogP contribution in [-0.2, 0) is 4.74 Å². The second-order valence-electron chi connectivity index (χ2n) is 4.64. The van der Waals surface area contributed by atoms with E-state index in [1.807, 2.05) is 0 Å². The summed E-state index contributed by atoms with van der Waals surface area (Å²) in [5.41, 5.74) is 1.31. The summed E-state index contributed by atoms with van der Waals surface area (Å²) in [6.45, 7) is 0. The van der Waals surface area contributed by atoms with Crippen LogP contribution in [0.15, 0.2) is 42.6 Å². The van der Waals surface area contributed by atoms with Crippen LogP contribution in [-0.4, -0.2) is 17.6 Å². The number of methoxy groups -OCH3 is 1. The zero-order chi connectivity index (χ0) is 15.9. The third-order valence-corrected chi connectivity index (χ3v) is 3.66. The van der Waals surface area contributed by atoms with Gasteiger partial charge in [-0.1, -0.05) is 17.7 Å². The summed E-state index contributed by atoms with van der Waals surface area (Å²) in [6.07, 6.45) is 1.55. The van der Waals surface area contributed by atoms with Crippen LogP contribution in [0.25, 0.3) is 16.6 Å². The van der Waals surface area contributed by atoms with E-state index >= 15 is 0 Å². The fourth-order valence-electron chi connectivity index (χ4n) is 2.37. The summed E-state index contributed by atoms with van der Waals surface area (Å²) in [6, 6.07) is 8.52. The van der Waals surface area contributed by atoms with Gasteiger partial charge in [0.05, 0.1) is 23.2 Å². The first-order valence-electron chi connectivity index (χ1n) is 6.36. The molecule has 22 heavy (non-hydrogen) atoms. The Kier molecular flexibility index (Phi) is 3.58. The number of halogens is 3. The number of nitrogens with zero attached hydrogens (tertiary/aromatic N) is 1. The van der Waals surface area contributed by atoms with Crippen molar-refractivity contribution in [1.82, 2.24) is 4.57 Å². The SMILES string of the molecule is COC(=O)c1cccc2c1c(Cl)cn2-c1ccc(F)c(F)c1. The highest BCUT2D eigenvalue weighted by Gasteiger charge is 2.17. The molecule has 0 amide bonds. The lowest BCUT2D eigenvalue weighted by Crippen LogP contribution is -2.02. The molecule has 0 atom stereocenters. The van der Waals surface area contributed by atoms with Crippen molar-refractivity contribution in [2.45, 2.75) is 0 Å². The second-order valence-corrected chi connectivity index (χ2v) is 5.04. The minimum Gasteiger partial charge on any atom is -0.465 e. The predicted molar refractivity (Wildman–Crippen MR) is 79.5 cm³/mol. The van der Waals surface area contributed by atoms with Gasteiger partial charge in [0.15, 0.2) is 11.6 Å². The van der Waals surface area contributed by atoms with Crippen molar-refractivity contribution in [3.05, 3.63) is 64.8 Å². The first-order chi connectivity index (χ1) is 10.5. The molecule has 0 aliphatic carbocycles. The second kappa shape index (κ2) is 5.42. The quantitative estimate of drug-likeness (QED) is 0.657. The van der Waals surface area contributed by atoms with Gasteiger partial charge < -0.3 is 9.30 Å². The largest absolute Gasteiger partial charge is 0.465 e. The van der Waals surface area contributed by atoms with Gasteiger partial charge in [0.25, 0.3) is 0 Å². The van der Waals surface area contributed by atoms with Crippen LogP contribution in [0.5, 0.6) is 0 Å². The lowest BCUT2D eigenvalue weighted by atomic mass is 10.1. The van der Waals surface area contributed by atoms with Gasteiger partial charge in [-0.05, 0) is 24.3 Å². The fourth-order valence-corrected chi connectivity index (χ4v) is 2.66. The average Bonchev–Trinajstić information content (AvgIpc) is 2.86. The highest BCUT2D eigenvalue weighted by molar-refractivity contribution is 6.37. The molecule has 0 bridgehead atoms. The topological polar surface area (TPSA) is 31.2 Å². The molecule has 0 radical (unpaired) electrons. The number of aromatic nitrogens is 1. The third-order valence-electron chi connectivity index (χ3n) is 3.37. The highest BCUT2D eigenvalue weighted by Crippen LogP contribution is 2.32. The summed E-state index contributed by atoms with van der Waals surface area (Å²) in [4.78, 5) is 11.8. The van der Waals surface area contributed by atoms with Gasteiger partial charge in [0.1, 0.15) is 0 Å². The highest BCUT2D eigenvalue weighted by atomic mass is 35.5. The van der Waals surface area contributed by atoms with E-state index in [2.05, 4.69) is 0 Å². The zero-order valence-corrected chi connectivity index (χ0v) is 12.2. The number of carbonyl (C=O) groups is 1. The molecule has 2 aromatic carbocycles. The van der Waals surface area contributed by atoms with Gasteiger partial charge in [-0.15, -0.1) is 0 Å². The van der Waals surface area contributed by atoms with Gasteiger partial charge in [-0.3, -0.25) is 0 Å². The Balaban J connectivity index is 2.28. The Morgan fingerprint density at radius 2 is 1.95 bits per heavy atom. The number of benzene rings is 2. The van der Waals surface area contributed by atoms with Crippen molar-refractivity contribution in [2.24, 2.45) is 0 Å². The molecule has 6 heteroatoms. The molecule has 0 fully saturated rings. The van der Waals surface area contributed by atoms with Crippen LogP contribution < -0.4 is 0 Å². The zero-order valence-electron chi connectivity index (χ0n) is 11.4. The molecule has 0 saturated carbocycles. The van der Waals surface area contributed by atoms with Crippen LogP contribution in [0, 0.1) is 11.6 Å². The van der Waals surface area contributed by atoms with Crippen molar-refractivity contribution in [3.8, 4) is 5.69 Å². The summed E-state index contributed by atoms with van der Waals surface area (Å²) < 4.78 is 32.8. The smallest absolute Gasteiger partial charge is 0.338 e. The van der Waals surface area contributed by atoms with Gasteiger partial charge in [0, 0.05) is 23.3 Å². The predicted octanol–water partition coefficient (Wildman–Crippen LogP) is 4.35. The normalized spacial score (nSPS) is 10.9. The average molecular weight is 322 g/mol. The van der Waals surface area contributed by atoms with Crippen molar-refractivity contribution >= 4 is 28.5 Å². The molecular weight excluding hydrogens is 312 g/mol. The molecule has 0 saturated heterocycles. The summed E-state index contributed by atoms with van der Waals surface area (Å²) in [7, 11) is 1.28. The molecule has 0 spiro atoms. The first kappa shape index (κ1) is 14.5. The number of esters is 1. The maximum atomic E-state index is 13.4. The van der Waals surface area contributed by atoms with Crippen LogP contribution in [0.4, 0.5) is 8.78 Å². The molecule has 1 heterocycles. The lowest BCUT2D eigenvalue weighted by Gasteiger charge is -2.07. The van der Waals surface area contributed by atoms with E-state index in [-0.39, 0.29) is 0 Å². The van der Waals surface area contributed by atoms with Crippen LogP contribution in [0.1, 0.15) is 10.4 Å². The Hall–Kier alpha value is -2.40. The fraction of sp³-hybridized carbons (Fsp3) is 0.0625. The Morgan fingerprint density at radius 1 is 1.18 bits per heavy atom. The number of fused-ring (bicyclic) bond motifs is 1. The molecule has 0 N–H and O–H groups in total. The molecular formula is C16H10ClF2NO2. The summed E-state index contributed by atoms with van der Waals surface area (Å²) >= 11 is 6.21. The maximum Gasteiger partial charge on any atom is 0.338 e. The molecule has 112 valence electrons. The van der Waals surface area contributed by atoms with Crippen molar-refractivity contribution in [2.75, 3.05) is 7.11 Å². The Bertz CT molecular complexity index is 889. The molecule has 0 aliphatic heterocycles. The first-order valence-corrected chi connectivity index (χ1v) is 6.74. The van der Waals surface area contributed by atoms with Crippen LogP contribution in [0.2, 0.25) is 5.02 Å². The molecule has 0 aliphatic rings. The molecule has 1 aromatic heterocycles. The van der Waals surface area contributed by atoms with Gasteiger partial charge in [0.2, 0.25) is 0 Å². The standard InChI is InChI=1S/C16H10ClF2NO2/c1-22-16(21)10-3-2-4-14-15(10)11(17)8-20(14)9-5-6-12(18)13(19)7-9/h2-8H,1H3. The van der Waals surface area contributed by atoms with E-state index in [0.29, 0.717) is 27.2 Å². The number of ether oxygens (including phenoxy) is 1. The Labute approximate surface area is 129 Å². The van der Waals surface area contributed by atoms with Gasteiger partial charge >= 0.3 is 5.97 Å². The minimum atomic E-state index is -0.959. The van der Waals surface area contributed by atoms with E-state index in [0.717, 1.165) is 12.1 Å². The van der Waals surface area contributed by atoms with Gasteiger partial charge in [-0.2, -0.15) is 0 Å². The number of hydrogen-bond donors (Lipinski definition) is 0. The van der Waals surface area contributed by atoms with E-state index in [1.54, 1.807) is 29.0 Å². The number of carbonyl (C=O) groups excluding carboxylic acids is 1. The van der Waals surface area contributed by atoms with Crippen molar-refractivity contribution in [3.63, 3.8) is 0 Å². The monoisotopic (exact) mass is 321 g/mol. The van der Waals surface area contributed by atoms with Crippen LogP contribution in [0.3, 0.4) is 0 Å². The molecule has 3 nitrogen and oxygen atoms in total. The number of hydrogen-bond acceptors (Lipinski definition) is 2. The van der Waals surface area contributed by atoms with E-state index in [9.17, 15) is 13.6 Å². The molecule has 3 aromatic rings. The van der Waals surface area contributed by atoms with E-state index < -0.39 is 17.6 Å². The molecule has 0 unspecified atom stereocenters. The lowest BCUT2D eigenvalue weighted by molar-refractivity contribution is 0.0603. The minimum absolute atomic E-state index is 0.311. The van der Waals surface area contributed by atoms with Crippen molar-refractivity contribution < 1.29 is 18.3 Å². The Morgan fingerprint density at radius 3 is 2.64 bits per heavy atom. The van der Waals surface area contributed by atoms with E-state index in [4.69, 9.17) is 16.3 Å². The summed E-state index contributed by atoms with van der Waals surface area (Å²) in [5, 5.41) is 0.821. The molecule has 3 rings (SSSR count). The third kappa shape index (κ3) is 2.23. The maximum absolute atomic E-state index is 13.4. The van der Waals surface area contributed by atoms with E-state index in [1.165, 1.54) is 13.2 Å². The number of rotatable bonds is 2.